The smallest absolute Gasteiger partial charge is 0.0594 e. The van der Waals surface area contributed by atoms with E-state index in [-0.39, 0.29) is 5.41 Å². The molecule has 0 aliphatic rings. The summed E-state index contributed by atoms with van der Waals surface area (Å²) < 4.78 is 5.50. The Morgan fingerprint density at radius 3 is 2.41 bits per heavy atom. The first kappa shape index (κ1) is 14.2. The maximum Gasteiger partial charge on any atom is 0.0594 e. The summed E-state index contributed by atoms with van der Waals surface area (Å²) >= 11 is 0. The third-order valence-electron chi connectivity index (χ3n) is 2.85. The van der Waals surface area contributed by atoms with E-state index in [2.05, 4.69) is 63.3 Å². The Balaban J connectivity index is 2.30. The molecule has 0 aromatic heterocycles. The van der Waals surface area contributed by atoms with E-state index in [1.807, 2.05) is 0 Å². The minimum Gasteiger partial charge on any atom is -0.377 e. The molecule has 0 unspecified atom stereocenters. The molecule has 0 atom stereocenters. The molecule has 1 aromatic rings. The lowest BCUT2D eigenvalue weighted by molar-refractivity contribution is 0.0803. The van der Waals surface area contributed by atoms with Crippen LogP contribution in [0.3, 0.4) is 0 Å². The Kier molecular flexibility index (Phi) is 5.66. The standard InChI is InChI=1S/C15H25NO/c1-13(2)17-11-10-16-12-15(3,4)14-8-6-5-7-9-14/h5-9,13,16H,10-12H2,1-4H3. The summed E-state index contributed by atoms with van der Waals surface area (Å²) in [5, 5.41) is 3.45. The summed E-state index contributed by atoms with van der Waals surface area (Å²) in [6, 6.07) is 10.6. The van der Waals surface area contributed by atoms with E-state index in [1.54, 1.807) is 0 Å². The molecule has 0 fully saturated rings. The van der Waals surface area contributed by atoms with Crippen LogP contribution in [0.1, 0.15) is 33.3 Å². The van der Waals surface area contributed by atoms with Gasteiger partial charge < -0.3 is 10.1 Å². The van der Waals surface area contributed by atoms with Gasteiger partial charge in [0.15, 0.2) is 0 Å². The highest BCUT2D eigenvalue weighted by Crippen LogP contribution is 2.21. The lowest BCUT2D eigenvalue weighted by Crippen LogP contribution is -2.35. The van der Waals surface area contributed by atoms with Crippen molar-refractivity contribution in [2.45, 2.75) is 39.2 Å². The van der Waals surface area contributed by atoms with E-state index >= 15 is 0 Å². The van der Waals surface area contributed by atoms with Gasteiger partial charge in [0.2, 0.25) is 0 Å². The van der Waals surface area contributed by atoms with E-state index in [0.717, 1.165) is 19.7 Å². The molecular weight excluding hydrogens is 210 g/mol. The lowest BCUT2D eigenvalue weighted by Gasteiger charge is -2.25. The van der Waals surface area contributed by atoms with Crippen LogP contribution in [0.2, 0.25) is 0 Å². The van der Waals surface area contributed by atoms with Gasteiger partial charge in [-0.05, 0) is 19.4 Å². The van der Waals surface area contributed by atoms with Crippen LogP contribution in [0, 0.1) is 0 Å². The van der Waals surface area contributed by atoms with Gasteiger partial charge in [-0.3, -0.25) is 0 Å². The molecule has 17 heavy (non-hydrogen) atoms. The van der Waals surface area contributed by atoms with Crippen molar-refractivity contribution in [3.63, 3.8) is 0 Å². The van der Waals surface area contributed by atoms with Crippen LogP contribution in [-0.2, 0) is 10.2 Å². The minimum atomic E-state index is 0.166. The largest absolute Gasteiger partial charge is 0.377 e. The average molecular weight is 235 g/mol. The van der Waals surface area contributed by atoms with Gasteiger partial charge in [0.05, 0.1) is 12.7 Å². The first-order valence-corrected chi connectivity index (χ1v) is 6.40. The number of rotatable bonds is 7. The summed E-state index contributed by atoms with van der Waals surface area (Å²) in [6.45, 7) is 11.3. The van der Waals surface area contributed by atoms with Crippen molar-refractivity contribution in [3.8, 4) is 0 Å². The third kappa shape index (κ3) is 5.33. The van der Waals surface area contributed by atoms with Crippen molar-refractivity contribution >= 4 is 0 Å². The number of hydrogen-bond donors (Lipinski definition) is 1. The Hall–Kier alpha value is -0.860. The molecule has 0 saturated heterocycles. The van der Waals surface area contributed by atoms with Crippen molar-refractivity contribution in [1.82, 2.24) is 5.32 Å². The van der Waals surface area contributed by atoms with Crippen LogP contribution in [0.5, 0.6) is 0 Å². The zero-order chi connectivity index (χ0) is 12.7. The SMILES string of the molecule is CC(C)OCCNCC(C)(C)c1ccccc1. The molecule has 0 spiro atoms. The predicted molar refractivity (Wildman–Crippen MR) is 73.4 cm³/mol. The Morgan fingerprint density at radius 1 is 1.18 bits per heavy atom. The maximum atomic E-state index is 5.50. The first-order valence-electron chi connectivity index (χ1n) is 6.40. The molecule has 0 aliphatic carbocycles. The number of hydrogen-bond acceptors (Lipinski definition) is 2. The lowest BCUT2D eigenvalue weighted by atomic mass is 9.85. The molecule has 0 radical (unpaired) electrons. The fourth-order valence-corrected chi connectivity index (χ4v) is 1.76. The maximum absolute atomic E-state index is 5.50. The zero-order valence-electron chi connectivity index (χ0n) is 11.5. The number of ether oxygens (including phenoxy) is 1. The number of nitrogens with one attached hydrogen (secondary N) is 1. The zero-order valence-corrected chi connectivity index (χ0v) is 11.5. The van der Waals surface area contributed by atoms with E-state index in [0.29, 0.717) is 6.10 Å². The highest BCUT2D eigenvalue weighted by Gasteiger charge is 2.19. The molecular formula is C15H25NO. The molecule has 1 N–H and O–H groups in total. The van der Waals surface area contributed by atoms with Gasteiger partial charge in [0.25, 0.3) is 0 Å². The summed E-state index contributed by atoms with van der Waals surface area (Å²) in [4.78, 5) is 0. The highest BCUT2D eigenvalue weighted by molar-refractivity contribution is 5.23. The van der Waals surface area contributed by atoms with Gasteiger partial charge in [0.1, 0.15) is 0 Å². The fraction of sp³-hybridized carbons (Fsp3) is 0.600. The van der Waals surface area contributed by atoms with Gasteiger partial charge in [-0.2, -0.15) is 0 Å². The summed E-state index contributed by atoms with van der Waals surface area (Å²) in [6.07, 6.45) is 0.318. The molecule has 1 aromatic carbocycles. The quantitative estimate of drug-likeness (QED) is 0.734. The van der Waals surface area contributed by atoms with Crippen molar-refractivity contribution in [1.29, 1.82) is 0 Å². The average Bonchev–Trinajstić information content (AvgIpc) is 2.29. The van der Waals surface area contributed by atoms with E-state index in [9.17, 15) is 0 Å². The highest BCUT2D eigenvalue weighted by atomic mass is 16.5. The molecule has 2 nitrogen and oxygen atoms in total. The minimum absolute atomic E-state index is 0.166. The van der Waals surface area contributed by atoms with Crippen LogP contribution >= 0.6 is 0 Å². The second-order valence-electron chi connectivity index (χ2n) is 5.35. The van der Waals surface area contributed by atoms with Gasteiger partial charge in [-0.25, -0.2) is 0 Å². The Morgan fingerprint density at radius 2 is 1.82 bits per heavy atom. The van der Waals surface area contributed by atoms with Crippen LogP contribution in [0.25, 0.3) is 0 Å². The molecule has 96 valence electrons. The summed E-state index contributed by atoms with van der Waals surface area (Å²) in [5.41, 5.74) is 1.54. The van der Waals surface area contributed by atoms with E-state index < -0.39 is 0 Å². The van der Waals surface area contributed by atoms with Crippen molar-refractivity contribution < 1.29 is 4.74 Å². The molecule has 0 saturated carbocycles. The van der Waals surface area contributed by atoms with E-state index in [1.165, 1.54) is 5.56 Å². The van der Waals surface area contributed by atoms with Gasteiger partial charge in [0, 0.05) is 18.5 Å². The van der Waals surface area contributed by atoms with Crippen LogP contribution in [0.4, 0.5) is 0 Å². The van der Waals surface area contributed by atoms with E-state index in [4.69, 9.17) is 4.74 Å². The molecule has 0 bridgehead atoms. The van der Waals surface area contributed by atoms with Crippen LogP contribution in [-0.4, -0.2) is 25.8 Å². The second-order valence-corrected chi connectivity index (χ2v) is 5.35. The summed E-state index contributed by atoms with van der Waals surface area (Å²) in [5.74, 6) is 0. The Labute approximate surface area is 105 Å². The number of benzene rings is 1. The van der Waals surface area contributed by atoms with Crippen LogP contribution < -0.4 is 5.32 Å². The topological polar surface area (TPSA) is 21.3 Å². The normalized spacial score (nSPS) is 12.1. The molecule has 0 aliphatic heterocycles. The van der Waals surface area contributed by atoms with Crippen molar-refractivity contribution in [2.24, 2.45) is 0 Å². The van der Waals surface area contributed by atoms with Crippen LogP contribution in [0.15, 0.2) is 30.3 Å². The van der Waals surface area contributed by atoms with Crippen molar-refractivity contribution in [3.05, 3.63) is 35.9 Å². The first-order chi connectivity index (χ1) is 8.02. The predicted octanol–water partition coefficient (Wildman–Crippen LogP) is 2.98. The molecule has 0 heterocycles. The second kappa shape index (κ2) is 6.77. The summed E-state index contributed by atoms with van der Waals surface area (Å²) in [7, 11) is 0. The molecule has 1 rings (SSSR count). The molecule has 2 heteroatoms. The Bertz CT molecular complexity index is 306. The van der Waals surface area contributed by atoms with Crippen molar-refractivity contribution in [2.75, 3.05) is 19.7 Å². The monoisotopic (exact) mass is 235 g/mol. The van der Waals surface area contributed by atoms with Gasteiger partial charge in [-0.15, -0.1) is 0 Å². The third-order valence-corrected chi connectivity index (χ3v) is 2.85. The van der Waals surface area contributed by atoms with Gasteiger partial charge in [-0.1, -0.05) is 44.2 Å². The molecule has 0 amide bonds. The fourth-order valence-electron chi connectivity index (χ4n) is 1.76. The van der Waals surface area contributed by atoms with Gasteiger partial charge >= 0.3 is 0 Å².